The molecule has 2 heterocycles. The van der Waals surface area contributed by atoms with Crippen LogP contribution in [0, 0.1) is 5.82 Å². The van der Waals surface area contributed by atoms with Gasteiger partial charge < -0.3 is 9.64 Å². The number of piperidine rings is 1. The van der Waals surface area contributed by atoms with Crippen molar-refractivity contribution >= 4 is 35.4 Å². The molecule has 0 N–H and O–H groups in total. The summed E-state index contributed by atoms with van der Waals surface area (Å²) in [4.78, 5) is 28.5. The lowest BCUT2D eigenvalue weighted by atomic mass is 10.0. The Morgan fingerprint density at radius 3 is 2.72 bits per heavy atom. The molecule has 1 aromatic rings. The van der Waals surface area contributed by atoms with Crippen LogP contribution in [0.5, 0.6) is 0 Å². The van der Waals surface area contributed by atoms with Gasteiger partial charge in [0.1, 0.15) is 12.4 Å². The highest BCUT2D eigenvalue weighted by Gasteiger charge is 2.37. The minimum Gasteiger partial charge on any atom is -0.447 e. The Labute approximate surface area is 155 Å². The lowest BCUT2D eigenvalue weighted by molar-refractivity contribution is -0.129. The average molecular weight is 387 g/mol. The Bertz CT molecular complexity index is 667. The van der Waals surface area contributed by atoms with Gasteiger partial charge in [-0.25, -0.2) is 9.18 Å². The predicted molar refractivity (Wildman–Crippen MR) is 94.4 cm³/mol. The molecule has 2 fully saturated rings. The van der Waals surface area contributed by atoms with E-state index in [1.165, 1.54) is 23.9 Å². The molecule has 8 heteroatoms. The van der Waals surface area contributed by atoms with Crippen molar-refractivity contribution in [3.05, 3.63) is 29.0 Å². The largest absolute Gasteiger partial charge is 0.447 e. The molecule has 2 aliphatic heterocycles. The smallest absolute Gasteiger partial charge is 0.410 e. The maximum atomic E-state index is 13.1. The van der Waals surface area contributed by atoms with E-state index in [0.29, 0.717) is 29.6 Å². The van der Waals surface area contributed by atoms with Crippen molar-refractivity contribution in [2.45, 2.75) is 36.7 Å². The first-order valence-corrected chi connectivity index (χ1v) is 9.63. The lowest BCUT2D eigenvalue weighted by Gasteiger charge is -2.37. The molecule has 0 radical (unpaired) electrons. The first-order chi connectivity index (χ1) is 12.0. The van der Waals surface area contributed by atoms with Gasteiger partial charge in [0.2, 0.25) is 5.91 Å². The van der Waals surface area contributed by atoms with Crippen LogP contribution in [0.2, 0.25) is 5.02 Å². The standard InChI is InChI=1S/C17H20ClFN2O3S/c1-11-9-24-17(23)21(11)13-4-6-20(7-5-13)16(22)10-25-15-3-2-12(19)8-14(15)18/h2-3,8,11,13H,4-7,9-10H2,1H3. The van der Waals surface area contributed by atoms with Crippen LogP contribution in [0.1, 0.15) is 19.8 Å². The van der Waals surface area contributed by atoms with Crippen molar-refractivity contribution in [1.29, 1.82) is 0 Å². The maximum absolute atomic E-state index is 13.1. The van der Waals surface area contributed by atoms with Gasteiger partial charge in [-0.3, -0.25) is 9.69 Å². The van der Waals surface area contributed by atoms with E-state index in [1.807, 2.05) is 11.8 Å². The number of ether oxygens (including phenoxy) is 1. The molecule has 1 aromatic carbocycles. The average Bonchev–Trinajstić information content (AvgIpc) is 2.92. The highest BCUT2D eigenvalue weighted by atomic mass is 35.5. The van der Waals surface area contributed by atoms with Gasteiger partial charge in [-0.05, 0) is 38.0 Å². The summed E-state index contributed by atoms with van der Waals surface area (Å²) in [6.45, 7) is 3.66. The quantitative estimate of drug-likeness (QED) is 0.744. The van der Waals surface area contributed by atoms with E-state index in [9.17, 15) is 14.0 Å². The second-order valence-electron chi connectivity index (χ2n) is 6.31. The van der Waals surface area contributed by atoms with Crippen molar-refractivity contribution in [1.82, 2.24) is 9.80 Å². The molecule has 0 aliphatic carbocycles. The predicted octanol–water partition coefficient (Wildman–Crippen LogP) is 3.40. The van der Waals surface area contributed by atoms with Crippen LogP contribution >= 0.6 is 23.4 Å². The Hall–Kier alpha value is -1.47. The molecule has 1 atom stereocenters. The van der Waals surface area contributed by atoms with Crippen molar-refractivity contribution < 1.29 is 18.7 Å². The third-order valence-electron chi connectivity index (χ3n) is 4.59. The number of thioether (sulfide) groups is 1. The molecule has 3 rings (SSSR count). The molecule has 0 bridgehead atoms. The number of nitrogens with zero attached hydrogens (tertiary/aromatic N) is 2. The molecule has 2 amide bonds. The number of amides is 2. The molecule has 2 aliphatic rings. The zero-order valence-corrected chi connectivity index (χ0v) is 15.5. The normalized spacial score (nSPS) is 21.6. The highest BCUT2D eigenvalue weighted by Crippen LogP contribution is 2.29. The highest BCUT2D eigenvalue weighted by molar-refractivity contribution is 8.00. The number of hydrogen-bond donors (Lipinski definition) is 0. The summed E-state index contributed by atoms with van der Waals surface area (Å²) in [7, 11) is 0. The molecule has 136 valence electrons. The third kappa shape index (κ3) is 4.20. The first-order valence-electron chi connectivity index (χ1n) is 8.26. The molecular weight excluding hydrogens is 367 g/mol. The van der Waals surface area contributed by atoms with Crippen LogP contribution < -0.4 is 0 Å². The summed E-state index contributed by atoms with van der Waals surface area (Å²) >= 11 is 7.29. The topological polar surface area (TPSA) is 49.9 Å². The van der Waals surface area contributed by atoms with Crippen molar-refractivity contribution in [2.24, 2.45) is 0 Å². The van der Waals surface area contributed by atoms with Gasteiger partial charge in [0.25, 0.3) is 0 Å². The number of cyclic esters (lactones) is 1. The molecular formula is C17H20ClFN2O3S. The molecule has 0 saturated carbocycles. The minimum atomic E-state index is -0.391. The SMILES string of the molecule is CC1COC(=O)N1C1CCN(C(=O)CSc2ccc(F)cc2Cl)CC1. The van der Waals surface area contributed by atoms with Gasteiger partial charge in [-0.15, -0.1) is 11.8 Å². The number of benzene rings is 1. The summed E-state index contributed by atoms with van der Waals surface area (Å²) < 4.78 is 18.1. The Morgan fingerprint density at radius 1 is 1.40 bits per heavy atom. The molecule has 1 unspecified atom stereocenters. The van der Waals surface area contributed by atoms with Gasteiger partial charge in [0.15, 0.2) is 0 Å². The number of halogens is 2. The number of likely N-dealkylation sites (tertiary alicyclic amines) is 1. The van der Waals surface area contributed by atoms with Gasteiger partial charge in [0, 0.05) is 24.0 Å². The van der Waals surface area contributed by atoms with E-state index >= 15 is 0 Å². The van der Waals surface area contributed by atoms with Crippen LogP contribution in [-0.2, 0) is 9.53 Å². The van der Waals surface area contributed by atoms with Crippen LogP contribution in [0.3, 0.4) is 0 Å². The van der Waals surface area contributed by atoms with E-state index in [1.54, 1.807) is 11.0 Å². The number of carbonyl (C=O) groups excluding carboxylic acids is 2. The van der Waals surface area contributed by atoms with E-state index in [4.69, 9.17) is 16.3 Å². The Balaban J connectivity index is 1.49. The lowest BCUT2D eigenvalue weighted by Crippen LogP contribution is -2.49. The van der Waals surface area contributed by atoms with Crippen LogP contribution in [0.25, 0.3) is 0 Å². The van der Waals surface area contributed by atoms with Crippen molar-refractivity contribution in [2.75, 3.05) is 25.4 Å². The van der Waals surface area contributed by atoms with Crippen molar-refractivity contribution in [3.8, 4) is 0 Å². The fourth-order valence-corrected chi connectivity index (χ4v) is 4.41. The molecule has 2 saturated heterocycles. The number of hydrogen-bond acceptors (Lipinski definition) is 4. The van der Waals surface area contributed by atoms with E-state index in [-0.39, 0.29) is 29.8 Å². The molecule has 5 nitrogen and oxygen atoms in total. The third-order valence-corrected chi connectivity index (χ3v) is 6.07. The number of rotatable bonds is 4. The zero-order chi connectivity index (χ0) is 18.0. The Kier molecular flexibility index (Phi) is 5.74. The second-order valence-corrected chi connectivity index (χ2v) is 7.73. The fourth-order valence-electron chi connectivity index (χ4n) is 3.25. The number of carbonyl (C=O) groups is 2. The van der Waals surface area contributed by atoms with Crippen LogP contribution in [0.4, 0.5) is 9.18 Å². The van der Waals surface area contributed by atoms with Gasteiger partial charge in [-0.2, -0.15) is 0 Å². The van der Waals surface area contributed by atoms with Gasteiger partial charge >= 0.3 is 6.09 Å². The monoisotopic (exact) mass is 386 g/mol. The van der Waals surface area contributed by atoms with Gasteiger partial charge in [-0.1, -0.05) is 11.6 Å². The summed E-state index contributed by atoms with van der Waals surface area (Å²) in [5.74, 6) is -0.101. The van der Waals surface area contributed by atoms with E-state index in [0.717, 1.165) is 12.8 Å². The summed E-state index contributed by atoms with van der Waals surface area (Å²) in [5.41, 5.74) is 0. The maximum Gasteiger partial charge on any atom is 0.410 e. The summed E-state index contributed by atoms with van der Waals surface area (Å²) in [6, 6.07) is 4.39. The Morgan fingerprint density at radius 2 is 2.12 bits per heavy atom. The van der Waals surface area contributed by atoms with E-state index in [2.05, 4.69) is 0 Å². The van der Waals surface area contributed by atoms with Crippen molar-refractivity contribution in [3.63, 3.8) is 0 Å². The molecule has 0 spiro atoms. The van der Waals surface area contributed by atoms with Crippen LogP contribution in [0.15, 0.2) is 23.1 Å². The molecule has 0 aromatic heterocycles. The summed E-state index contributed by atoms with van der Waals surface area (Å²) in [5, 5.41) is 0.318. The summed E-state index contributed by atoms with van der Waals surface area (Å²) in [6.07, 6.45) is 1.26. The first kappa shape index (κ1) is 18.3. The second kappa shape index (κ2) is 7.83. The fraction of sp³-hybridized carbons (Fsp3) is 0.529. The minimum absolute atomic E-state index is 0.0286. The zero-order valence-electron chi connectivity index (χ0n) is 13.9. The van der Waals surface area contributed by atoms with Gasteiger partial charge in [0.05, 0.1) is 16.8 Å². The van der Waals surface area contributed by atoms with E-state index < -0.39 is 5.82 Å². The van der Waals surface area contributed by atoms with Crippen LogP contribution in [-0.4, -0.2) is 59.3 Å². The molecule has 25 heavy (non-hydrogen) atoms.